The van der Waals surface area contributed by atoms with Gasteiger partial charge < -0.3 is 10.1 Å². The van der Waals surface area contributed by atoms with Gasteiger partial charge in [0.25, 0.3) is 5.91 Å². The van der Waals surface area contributed by atoms with Crippen molar-refractivity contribution in [3.8, 4) is 5.75 Å². The molecule has 6 heteroatoms. The molecule has 3 rings (SSSR count). The Balaban J connectivity index is 1.83. The lowest BCUT2D eigenvalue weighted by Gasteiger charge is -2.10. The normalized spacial score (nSPS) is 15.3. The number of carbonyl (C=O) groups is 2. The Bertz CT molecular complexity index is 829. The Morgan fingerprint density at radius 1 is 1.08 bits per heavy atom. The molecule has 3 amide bonds. The highest BCUT2D eigenvalue weighted by atomic mass is 79.9. The highest BCUT2D eigenvalue weighted by Crippen LogP contribution is 2.26. The number of carbonyl (C=O) groups excluding carboxylic acids is 2. The number of aryl methyl sites for hydroxylation is 1. The Hall–Kier alpha value is -2.60. The maximum Gasteiger partial charge on any atom is 0.326 e. The van der Waals surface area contributed by atoms with Crippen molar-refractivity contribution >= 4 is 33.9 Å². The van der Waals surface area contributed by atoms with Gasteiger partial charge in [-0.1, -0.05) is 45.8 Å². The predicted octanol–water partition coefficient (Wildman–Crippen LogP) is 3.52. The molecule has 1 fully saturated rings. The largest absolute Gasteiger partial charge is 0.488 e. The fraction of sp³-hybridized carbons (Fsp3) is 0.111. The van der Waals surface area contributed by atoms with E-state index < -0.39 is 11.9 Å². The first-order valence-electron chi connectivity index (χ1n) is 7.33. The van der Waals surface area contributed by atoms with Crippen molar-refractivity contribution in [2.75, 3.05) is 0 Å². The van der Waals surface area contributed by atoms with E-state index in [1.54, 1.807) is 6.08 Å². The Morgan fingerprint density at radius 3 is 2.50 bits per heavy atom. The predicted molar refractivity (Wildman–Crippen MR) is 94.3 cm³/mol. The monoisotopic (exact) mass is 386 g/mol. The van der Waals surface area contributed by atoms with Gasteiger partial charge in [-0.05, 0) is 36.8 Å². The average molecular weight is 387 g/mol. The van der Waals surface area contributed by atoms with Crippen molar-refractivity contribution in [1.29, 1.82) is 0 Å². The summed E-state index contributed by atoms with van der Waals surface area (Å²) >= 11 is 3.40. The van der Waals surface area contributed by atoms with Crippen LogP contribution in [0.15, 0.2) is 52.6 Å². The molecule has 5 nitrogen and oxygen atoms in total. The maximum absolute atomic E-state index is 11.7. The van der Waals surface area contributed by atoms with Gasteiger partial charge >= 0.3 is 6.03 Å². The molecule has 0 aliphatic carbocycles. The number of halogens is 1. The molecule has 0 unspecified atom stereocenters. The molecule has 1 saturated heterocycles. The first kappa shape index (κ1) is 16.3. The minimum absolute atomic E-state index is 0.193. The van der Waals surface area contributed by atoms with Gasteiger partial charge in [0.15, 0.2) is 0 Å². The van der Waals surface area contributed by atoms with Gasteiger partial charge in [-0.2, -0.15) is 0 Å². The summed E-state index contributed by atoms with van der Waals surface area (Å²) < 4.78 is 6.73. The van der Waals surface area contributed by atoms with Crippen LogP contribution in [-0.4, -0.2) is 11.9 Å². The van der Waals surface area contributed by atoms with Gasteiger partial charge in [0.05, 0.1) is 0 Å². The van der Waals surface area contributed by atoms with Gasteiger partial charge in [0.1, 0.15) is 18.1 Å². The molecule has 122 valence electrons. The van der Waals surface area contributed by atoms with E-state index in [9.17, 15) is 9.59 Å². The Kier molecular flexibility index (Phi) is 4.66. The van der Waals surface area contributed by atoms with Crippen molar-refractivity contribution in [3.63, 3.8) is 0 Å². The van der Waals surface area contributed by atoms with Crippen molar-refractivity contribution in [3.05, 3.63) is 69.3 Å². The van der Waals surface area contributed by atoms with Crippen LogP contribution in [0.25, 0.3) is 6.08 Å². The van der Waals surface area contributed by atoms with Crippen LogP contribution in [0.3, 0.4) is 0 Å². The second-order valence-corrected chi connectivity index (χ2v) is 6.34. The van der Waals surface area contributed by atoms with E-state index in [0.717, 1.165) is 10.0 Å². The number of hydrogen-bond donors (Lipinski definition) is 2. The van der Waals surface area contributed by atoms with Crippen LogP contribution in [0.4, 0.5) is 4.79 Å². The first-order chi connectivity index (χ1) is 11.5. The molecule has 2 aromatic carbocycles. The molecule has 0 bridgehead atoms. The number of nitrogens with one attached hydrogen (secondary N) is 2. The summed E-state index contributed by atoms with van der Waals surface area (Å²) in [4.78, 5) is 22.9. The zero-order valence-corrected chi connectivity index (χ0v) is 14.5. The molecule has 1 aliphatic rings. The number of benzene rings is 2. The molecular formula is C18H15BrN2O3. The summed E-state index contributed by atoms with van der Waals surface area (Å²) in [5.74, 6) is 0.171. The SMILES string of the molecule is Cc1ccc(COc2ccc(Br)cc2/C=C2/NC(=O)NC2=O)cc1. The Morgan fingerprint density at radius 2 is 1.83 bits per heavy atom. The Labute approximate surface area is 147 Å². The lowest BCUT2D eigenvalue weighted by atomic mass is 10.1. The molecule has 0 spiro atoms. The first-order valence-corrected chi connectivity index (χ1v) is 8.12. The minimum atomic E-state index is -0.525. The second-order valence-electron chi connectivity index (χ2n) is 5.42. The van der Waals surface area contributed by atoms with E-state index in [2.05, 4.69) is 26.6 Å². The van der Waals surface area contributed by atoms with Crippen LogP contribution in [0, 0.1) is 6.92 Å². The topological polar surface area (TPSA) is 67.4 Å². The number of hydrogen-bond acceptors (Lipinski definition) is 3. The third-order valence-corrected chi connectivity index (χ3v) is 4.00. The summed E-state index contributed by atoms with van der Waals surface area (Å²) in [6.07, 6.45) is 1.59. The summed E-state index contributed by atoms with van der Waals surface area (Å²) in [5.41, 5.74) is 3.13. The molecule has 2 aromatic rings. The smallest absolute Gasteiger partial charge is 0.326 e. The molecule has 0 aromatic heterocycles. The van der Waals surface area contributed by atoms with Gasteiger partial charge in [0.2, 0.25) is 0 Å². The number of imide groups is 1. The minimum Gasteiger partial charge on any atom is -0.488 e. The number of ether oxygens (including phenoxy) is 1. The highest BCUT2D eigenvalue weighted by Gasteiger charge is 2.23. The van der Waals surface area contributed by atoms with E-state index in [4.69, 9.17) is 4.74 Å². The van der Waals surface area contributed by atoms with Gasteiger partial charge in [-0.3, -0.25) is 10.1 Å². The molecule has 0 atom stereocenters. The van der Waals surface area contributed by atoms with Crippen LogP contribution in [0.5, 0.6) is 5.75 Å². The van der Waals surface area contributed by atoms with Gasteiger partial charge in [-0.25, -0.2) is 4.79 Å². The molecular weight excluding hydrogens is 372 g/mol. The quantitative estimate of drug-likeness (QED) is 0.623. The van der Waals surface area contributed by atoms with E-state index >= 15 is 0 Å². The summed E-state index contributed by atoms with van der Waals surface area (Å²) in [5, 5.41) is 4.64. The molecule has 1 aliphatic heterocycles. The number of rotatable bonds is 4. The lowest BCUT2D eigenvalue weighted by Crippen LogP contribution is -2.22. The maximum atomic E-state index is 11.7. The molecule has 2 N–H and O–H groups in total. The number of urea groups is 1. The molecule has 0 radical (unpaired) electrons. The van der Waals surface area contributed by atoms with Crippen molar-refractivity contribution in [2.45, 2.75) is 13.5 Å². The average Bonchev–Trinajstić information content (AvgIpc) is 2.86. The van der Waals surface area contributed by atoms with Crippen LogP contribution in [0.2, 0.25) is 0 Å². The van der Waals surface area contributed by atoms with Crippen LogP contribution >= 0.6 is 15.9 Å². The molecule has 1 heterocycles. The molecule has 0 saturated carbocycles. The van der Waals surface area contributed by atoms with E-state index in [-0.39, 0.29) is 5.70 Å². The van der Waals surface area contributed by atoms with Gasteiger partial charge in [-0.15, -0.1) is 0 Å². The van der Waals surface area contributed by atoms with Crippen LogP contribution in [-0.2, 0) is 11.4 Å². The highest BCUT2D eigenvalue weighted by molar-refractivity contribution is 9.10. The molecule has 24 heavy (non-hydrogen) atoms. The zero-order valence-electron chi connectivity index (χ0n) is 12.9. The van der Waals surface area contributed by atoms with Crippen molar-refractivity contribution in [1.82, 2.24) is 10.6 Å². The van der Waals surface area contributed by atoms with E-state index in [1.165, 1.54) is 5.56 Å². The summed E-state index contributed by atoms with van der Waals surface area (Å²) in [6, 6.07) is 13.1. The fourth-order valence-corrected chi connectivity index (χ4v) is 2.63. The van der Waals surface area contributed by atoms with Crippen molar-refractivity contribution < 1.29 is 14.3 Å². The van der Waals surface area contributed by atoms with Crippen LogP contribution in [0.1, 0.15) is 16.7 Å². The zero-order chi connectivity index (χ0) is 17.1. The van der Waals surface area contributed by atoms with Gasteiger partial charge in [0, 0.05) is 10.0 Å². The fourth-order valence-electron chi connectivity index (χ4n) is 2.25. The third kappa shape index (κ3) is 3.83. The summed E-state index contributed by atoms with van der Waals surface area (Å²) in [6.45, 7) is 2.45. The van der Waals surface area contributed by atoms with Crippen molar-refractivity contribution in [2.24, 2.45) is 0 Å². The second kappa shape index (κ2) is 6.88. The van der Waals surface area contributed by atoms with E-state index in [0.29, 0.717) is 17.9 Å². The lowest BCUT2D eigenvalue weighted by molar-refractivity contribution is -0.115. The summed E-state index contributed by atoms with van der Waals surface area (Å²) in [7, 11) is 0. The third-order valence-electron chi connectivity index (χ3n) is 3.51. The van der Waals surface area contributed by atoms with Crippen LogP contribution < -0.4 is 15.4 Å². The number of amides is 3. The standard InChI is InChI=1S/C18H15BrN2O3/c1-11-2-4-12(5-3-11)10-24-16-7-6-14(19)8-13(16)9-15-17(22)21-18(23)20-15/h2-9H,10H2,1H3,(H2,20,21,22,23)/b15-9+. The van der Waals surface area contributed by atoms with E-state index in [1.807, 2.05) is 49.4 Å².